The second kappa shape index (κ2) is 17.0. The zero-order chi connectivity index (χ0) is 43.0. The predicted molar refractivity (Wildman–Crippen MR) is 240 cm³/mol. The Bertz CT molecular complexity index is 2730. The van der Waals surface area contributed by atoms with Crippen LogP contribution < -0.4 is 21.0 Å². The highest BCUT2D eigenvalue weighted by Gasteiger charge is 2.58. The Labute approximate surface area is 363 Å². The van der Waals surface area contributed by atoms with Crippen molar-refractivity contribution in [2.24, 2.45) is 23.7 Å². The topological polar surface area (TPSA) is 171 Å². The lowest BCUT2D eigenvalue weighted by Gasteiger charge is -2.26. The molecular weight excluding hydrogens is 804 g/mol. The van der Waals surface area contributed by atoms with Crippen LogP contribution in [0.4, 0.5) is 22.4 Å². The van der Waals surface area contributed by atoms with Gasteiger partial charge in [0.05, 0.1) is 22.1 Å². The number of carbonyl (C=O) groups is 2. The number of fused-ring (bicyclic) bond motifs is 5. The molecule has 4 N–H and O–H groups in total. The third kappa shape index (κ3) is 9.16. The molecule has 62 heavy (non-hydrogen) atoms. The molecule has 4 aromatic heterocycles. The zero-order valence-corrected chi connectivity index (χ0v) is 35.3. The molecule has 2 amide bonds. The van der Waals surface area contributed by atoms with Crippen LogP contribution in [0.2, 0.25) is 5.15 Å². The molecule has 3 aromatic carbocycles. The Balaban J connectivity index is 0.000000128. The number of amides is 2. The van der Waals surface area contributed by atoms with Crippen LogP contribution in [-0.4, -0.2) is 90.9 Å². The van der Waals surface area contributed by atoms with E-state index in [1.54, 1.807) is 11.5 Å². The number of hydroxylamine groups is 1. The number of hydrogen-bond acceptors (Lipinski definition) is 12. The maximum Gasteiger partial charge on any atom is 0.410 e. The fourth-order valence-corrected chi connectivity index (χ4v) is 8.62. The number of ether oxygens (including phenoxy) is 1. The minimum absolute atomic E-state index is 0.197. The highest BCUT2D eigenvalue weighted by molar-refractivity contribution is 6.29. The summed E-state index contributed by atoms with van der Waals surface area (Å²) < 4.78 is 5.45. The summed E-state index contributed by atoms with van der Waals surface area (Å²) in [7, 11) is 0. The van der Waals surface area contributed by atoms with Gasteiger partial charge in [0, 0.05) is 90.5 Å². The van der Waals surface area contributed by atoms with Gasteiger partial charge in [-0.1, -0.05) is 66.2 Å². The molecule has 2 saturated carbocycles. The molecule has 4 aliphatic rings. The van der Waals surface area contributed by atoms with Crippen molar-refractivity contribution in [1.82, 2.24) is 35.3 Å². The lowest BCUT2D eigenvalue weighted by atomic mass is 10.2. The molecule has 0 radical (unpaired) electrons. The van der Waals surface area contributed by atoms with E-state index < -0.39 is 11.5 Å². The van der Waals surface area contributed by atoms with Gasteiger partial charge in [-0.15, -0.1) is 0 Å². The molecule has 2 saturated heterocycles. The maximum absolute atomic E-state index is 12.1. The van der Waals surface area contributed by atoms with Gasteiger partial charge < -0.3 is 25.2 Å². The van der Waals surface area contributed by atoms with Gasteiger partial charge in [-0.25, -0.2) is 35.2 Å². The Morgan fingerprint density at radius 2 is 1.10 bits per heavy atom. The normalized spacial score (nSPS) is 21.8. The van der Waals surface area contributed by atoms with Crippen molar-refractivity contribution in [2.45, 2.75) is 38.5 Å². The van der Waals surface area contributed by atoms with E-state index in [2.05, 4.69) is 64.7 Å². The minimum atomic E-state index is -0.613. The number of benzene rings is 3. The number of para-hydroxylation sites is 3. The highest BCUT2D eigenvalue weighted by Crippen LogP contribution is 2.48. The molecule has 7 aromatic rings. The van der Waals surface area contributed by atoms with Crippen molar-refractivity contribution in [3.8, 4) is 0 Å². The number of nitrogens with zero attached hydrogens (tertiary/aromatic N) is 7. The molecule has 14 nitrogen and oxygen atoms in total. The van der Waals surface area contributed by atoms with Gasteiger partial charge >= 0.3 is 6.09 Å². The number of halogens is 1. The van der Waals surface area contributed by atoms with Gasteiger partial charge in [-0.05, 0) is 75.4 Å². The monoisotopic (exact) mass is 850 g/mol. The first kappa shape index (κ1) is 40.7. The number of anilines is 3. The standard InChI is InChI=1S/C19H18N6O2.C19H23N3O2.C9H6ClN/c26-18(24-27)12-7-20-19(21-8-12)25-9-13-14(10-25)17(13)23-16-6-5-11-3-1-2-4-15(11)22-16;1-19(2,3)24-18(23)22-10-13-14(11-22)17(13)21-16-9-8-12-6-4-5-7-15(12)20-16;10-9-6-5-7-3-1-2-4-8(7)11-9/h1-8,13-14,17,27H,9-10H2,(H,22,23)(H,24,26);4-9,13-14,17H,10-11H2,1-3H3,(H,20,21);1-6H. The van der Waals surface area contributed by atoms with E-state index >= 15 is 0 Å². The number of aromatic nitrogens is 5. The first-order valence-corrected chi connectivity index (χ1v) is 21.1. The molecule has 15 heteroatoms. The van der Waals surface area contributed by atoms with Crippen molar-refractivity contribution < 1.29 is 19.5 Å². The van der Waals surface area contributed by atoms with Crippen LogP contribution in [0.25, 0.3) is 32.7 Å². The molecule has 11 rings (SSSR count). The van der Waals surface area contributed by atoms with Gasteiger partial charge in [0.15, 0.2) is 0 Å². The van der Waals surface area contributed by atoms with E-state index in [9.17, 15) is 9.59 Å². The maximum atomic E-state index is 12.1. The van der Waals surface area contributed by atoms with E-state index in [4.69, 9.17) is 21.5 Å². The SMILES string of the molecule is CC(C)(C)OC(=O)N1CC2C(C1)C2Nc1ccc2ccccc2n1.Clc1ccc2ccccc2n1.O=C(NO)c1cnc(N2CC3C(C2)C3Nc2ccc3ccccc3n2)nc1. The van der Waals surface area contributed by atoms with Crippen molar-refractivity contribution in [1.29, 1.82) is 0 Å². The van der Waals surface area contributed by atoms with E-state index in [1.165, 1.54) is 12.4 Å². The largest absolute Gasteiger partial charge is 0.444 e. The van der Waals surface area contributed by atoms with Crippen LogP contribution in [-0.2, 0) is 4.74 Å². The third-order valence-electron chi connectivity index (χ3n) is 11.7. The molecule has 2 aliphatic carbocycles. The smallest absolute Gasteiger partial charge is 0.410 e. The average molecular weight is 851 g/mol. The summed E-state index contributed by atoms with van der Waals surface area (Å²) in [5.74, 6) is 3.92. The fraction of sp³-hybridized carbons (Fsp3) is 0.298. The summed E-state index contributed by atoms with van der Waals surface area (Å²) in [6.07, 6.45) is 2.65. The number of hydrogen-bond donors (Lipinski definition) is 4. The van der Waals surface area contributed by atoms with E-state index in [0.717, 1.165) is 70.5 Å². The van der Waals surface area contributed by atoms with Crippen LogP contribution in [0.3, 0.4) is 0 Å². The number of rotatable bonds is 6. The summed E-state index contributed by atoms with van der Waals surface area (Å²) in [6.45, 7) is 8.99. The summed E-state index contributed by atoms with van der Waals surface area (Å²) in [5, 5.41) is 19.7. The van der Waals surface area contributed by atoms with Crippen LogP contribution in [0, 0.1) is 23.7 Å². The summed E-state index contributed by atoms with van der Waals surface area (Å²) >= 11 is 5.71. The number of piperidine rings is 2. The van der Waals surface area contributed by atoms with Gasteiger partial charge in [-0.3, -0.25) is 10.0 Å². The summed E-state index contributed by atoms with van der Waals surface area (Å²) in [4.78, 5) is 49.4. The molecular formula is C47H47ClN10O4. The molecule has 0 spiro atoms. The van der Waals surface area contributed by atoms with Gasteiger partial charge in [0.25, 0.3) is 5.91 Å². The fourth-order valence-electron chi connectivity index (χ4n) is 8.46. The van der Waals surface area contributed by atoms with Crippen LogP contribution in [0.1, 0.15) is 31.1 Å². The lowest BCUT2D eigenvalue weighted by molar-refractivity contribution is 0.0272. The zero-order valence-electron chi connectivity index (χ0n) is 34.5. The predicted octanol–water partition coefficient (Wildman–Crippen LogP) is 8.09. The van der Waals surface area contributed by atoms with Crippen molar-refractivity contribution in [3.05, 3.63) is 132 Å². The molecule has 0 bridgehead atoms. The van der Waals surface area contributed by atoms with E-state index in [1.807, 2.05) is 105 Å². The van der Waals surface area contributed by atoms with Crippen molar-refractivity contribution in [2.75, 3.05) is 41.7 Å². The minimum Gasteiger partial charge on any atom is -0.444 e. The van der Waals surface area contributed by atoms with Gasteiger partial charge in [0.2, 0.25) is 5.95 Å². The quantitative estimate of drug-likeness (QED) is 0.0722. The Kier molecular flexibility index (Phi) is 11.2. The summed E-state index contributed by atoms with van der Waals surface area (Å²) in [6, 6.07) is 36.9. The molecule has 4 unspecified atom stereocenters. The second-order valence-electron chi connectivity index (χ2n) is 17.1. The highest BCUT2D eigenvalue weighted by atomic mass is 35.5. The van der Waals surface area contributed by atoms with Gasteiger partial charge in [-0.2, -0.15) is 0 Å². The second-order valence-corrected chi connectivity index (χ2v) is 17.5. The van der Waals surface area contributed by atoms with Gasteiger partial charge in [0.1, 0.15) is 22.4 Å². The molecule has 4 atom stereocenters. The summed E-state index contributed by atoms with van der Waals surface area (Å²) in [5.41, 5.74) is 4.32. The number of nitrogens with one attached hydrogen (secondary N) is 3. The molecule has 6 heterocycles. The first-order chi connectivity index (χ1) is 30.0. The Morgan fingerprint density at radius 1 is 0.645 bits per heavy atom. The van der Waals surface area contributed by atoms with E-state index in [0.29, 0.717) is 46.9 Å². The third-order valence-corrected chi connectivity index (χ3v) is 11.9. The lowest BCUT2D eigenvalue weighted by Crippen LogP contribution is -2.38. The Hall–Kier alpha value is -6.64. The number of likely N-dealkylation sites (tertiary alicyclic amines) is 1. The van der Waals surface area contributed by atoms with Crippen LogP contribution in [0.5, 0.6) is 0 Å². The molecule has 2 aliphatic heterocycles. The van der Waals surface area contributed by atoms with Crippen molar-refractivity contribution >= 4 is 73.9 Å². The number of carbonyl (C=O) groups excluding carboxylic acids is 2. The van der Waals surface area contributed by atoms with Crippen LogP contribution >= 0.6 is 11.6 Å². The van der Waals surface area contributed by atoms with Crippen molar-refractivity contribution in [3.63, 3.8) is 0 Å². The first-order valence-electron chi connectivity index (χ1n) is 20.7. The Morgan fingerprint density at radius 3 is 1.58 bits per heavy atom. The van der Waals surface area contributed by atoms with E-state index in [-0.39, 0.29) is 11.7 Å². The molecule has 316 valence electrons. The van der Waals surface area contributed by atoms with Crippen LogP contribution in [0.15, 0.2) is 122 Å². The molecule has 4 fully saturated rings. The average Bonchev–Trinajstić information content (AvgIpc) is 3.89. The number of pyridine rings is 3.